The molecule has 2 amide bonds. The van der Waals surface area contributed by atoms with Crippen molar-refractivity contribution in [3.8, 4) is 0 Å². The number of fused-ring (bicyclic) bond motifs is 1. The number of nitrogens with zero attached hydrogens (tertiary/aromatic N) is 1. The van der Waals surface area contributed by atoms with Gasteiger partial charge < -0.3 is 15.1 Å². The molecule has 1 unspecified atom stereocenters. The summed E-state index contributed by atoms with van der Waals surface area (Å²) in [4.78, 5) is 52.0. The highest BCUT2D eigenvalue weighted by Gasteiger charge is 2.32. The second-order valence-corrected chi connectivity index (χ2v) is 7.84. The van der Waals surface area contributed by atoms with E-state index in [0.29, 0.717) is 16.5 Å². The van der Waals surface area contributed by atoms with Crippen LogP contribution in [0.3, 0.4) is 0 Å². The topological polar surface area (TPSA) is 126 Å². The third-order valence-corrected chi connectivity index (χ3v) is 5.63. The third-order valence-electron chi connectivity index (χ3n) is 4.89. The largest absolute Gasteiger partial charge is 0.467 e. The van der Waals surface area contributed by atoms with Gasteiger partial charge in [-0.25, -0.2) is 4.79 Å². The van der Waals surface area contributed by atoms with Crippen LogP contribution in [-0.2, 0) is 22.6 Å². The maximum absolute atomic E-state index is 12.6. The highest BCUT2D eigenvalue weighted by Crippen LogP contribution is 2.27. The maximum atomic E-state index is 12.6. The number of amides is 2. The Kier molecular flexibility index (Phi) is 5.71. The molecule has 11 heteroatoms. The van der Waals surface area contributed by atoms with Crippen molar-refractivity contribution >= 4 is 46.5 Å². The van der Waals surface area contributed by atoms with Crippen LogP contribution in [0.5, 0.6) is 0 Å². The van der Waals surface area contributed by atoms with Crippen LogP contribution in [0, 0.1) is 5.92 Å². The summed E-state index contributed by atoms with van der Waals surface area (Å²) in [6, 6.07) is 7.96. The summed E-state index contributed by atoms with van der Waals surface area (Å²) in [6.07, 6.45) is 1.30. The highest BCUT2D eigenvalue weighted by atomic mass is 35.5. The van der Waals surface area contributed by atoms with Crippen molar-refractivity contribution in [1.82, 2.24) is 9.55 Å². The fourth-order valence-electron chi connectivity index (χ4n) is 3.39. The predicted molar refractivity (Wildman–Crippen MR) is 115 cm³/mol. The van der Waals surface area contributed by atoms with E-state index in [1.807, 2.05) is 0 Å². The molecule has 4 rings (SSSR count). The molecule has 0 saturated heterocycles. The van der Waals surface area contributed by atoms with Gasteiger partial charge >= 0.3 is 5.69 Å². The Bertz CT molecular complexity index is 1280. The van der Waals surface area contributed by atoms with Crippen LogP contribution in [0.1, 0.15) is 17.7 Å². The van der Waals surface area contributed by atoms with Crippen LogP contribution in [0.25, 0.3) is 0 Å². The molecule has 0 spiro atoms. The van der Waals surface area contributed by atoms with Crippen molar-refractivity contribution in [3.05, 3.63) is 78.8 Å². The Labute approximate surface area is 185 Å². The van der Waals surface area contributed by atoms with Crippen LogP contribution in [0.2, 0.25) is 10.0 Å². The summed E-state index contributed by atoms with van der Waals surface area (Å²) >= 11 is 11.8. The molecule has 31 heavy (non-hydrogen) atoms. The van der Waals surface area contributed by atoms with Crippen molar-refractivity contribution in [3.63, 3.8) is 0 Å². The number of aromatic amines is 1. The second kappa shape index (κ2) is 8.44. The Hall–Kier alpha value is -3.30. The summed E-state index contributed by atoms with van der Waals surface area (Å²) in [5, 5.41) is 5.89. The van der Waals surface area contributed by atoms with Crippen molar-refractivity contribution in [1.29, 1.82) is 0 Å². The highest BCUT2D eigenvalue weighted by molar-refractivity contribution is 6.42. The molecular weight excluding hydrogens is 447 g/mol. The minimum Gasteiger partial charge on any atom is -0.467 e. The number of carbonyl (C=O) groups is 2. The van der Waals surface area contributed by atoms with Gasteiger partial charge in [0.15, 0.2) is 0 Å². The molecule has 0 radical (unpaired) electrons. The van der Waals surface area contributed by atoms with E-state index < -0.39 is 29.0 Å². The van der Waals surface area contributed by atoms with Crippen molar-refractivity contribution in [2.75, 3.05) is 10.6 Å². The van der Waals surface area contributed by atoms with E-state index in [-0.39, 0.29) is 35.8 Å². The van der Waals surface area contributed by atoms with Crippen LogP contribution >= 0.6 is 23.2 Å². The first-order valence-electron chi connectivity index (χ1n) is 9.26. The molecule has 1 aliphatic heterocycles. The lowest BCUT2D eigenvalue weighted by Crippen LogP contribution is -2.42. The van der Waals surface area contributed by atoms with Gasteiger partial charge in [-0.05, 0) is 36.8 Å². The van der Waals surface area contributed by atoms with Gasteiger partial charge in [-0.1, -0.05) is 23.2 Å². The van der Waals surface area contributed by atoms with Gasteiger partial charge in [0.2, 0.25) is 11.8 Å². The number of aromatic nitrogens is 2. The first-order valence-corrected chi connectivity index (χ1v) is 10.0. The van der Waals surface area contributed by atoms with Crippen molar-refractivity contribution < 1.29 is 14.0 Å². The number of anilines is 2. The van der Waals surface area contributed by atoms with Gasteiger partial charge in [0.05, 0.1) is 34.3 Å². The molecule has 1 atom stereocenters. The summed E-state index contributed by atoms with van der Waals surface area (Å²) in [5.41, 5.74) is -0.624. The van der Waals surface area contributed by atoms with E-state index in [2.05, 4.69) is 15.6 Å². The van der Waals surface area contributed by atoms with Gasteiger partial charge in [-0.3, -0.25) is 23.9 Å². The molecule has 0 fully saturated rings. The molecule has 1 aliphatic rings. The first kappa shape index (κ1) is 21.0. The lowest BCUT2D eigenvalue weighted by atomic mass is 9.92. The van der Waals surface area contributed by atoms with Crippen LogP contribution in [0.4, 0.5) is 11.5 Å². The summed E-state index contributed by atoms with van der Waals surface area (Å²) in [6.45, 7) is 0.0354. The lowest BCUT2D eigenvalue weighted by Gasteiger charge is -2.25. The monoisotopic (exact) mass is 462 g/mol. The number of hydrogen-bond donors (Lipinski definition) is 3. The number of furan rings is 1. The van der Waals surface area contributed by atoms with E-state index in [9.17, 15) is 19.2 Å². The Morgan fingerprint density at radius 2 is 2.00 bits per heavy atom. The predicted octanol–water partition coefficient (Wildman–Crippen LogP) is 2.62. The number of rotatable bonds is 5. The molecule has 0 bridgehead atoms. The van der Waals surface area contributed by atoms with Gasteiger partial charge in [0, 0.05) is 12.1 Å². The molecule has 9 nitrogen and oxygen atoms in total. The van der Waals surface area contributed by atoms with Crippen molar-refractivity contribution in [2.45, 2.75) is 19.4 Å². The molecule has 160 valence electrons. The van der Waals surface area contributed by atoms with Crippen LogP contribution in [0.15, 0.2) is 50.6 Å². The Morgan fingerprint density at radius 1 is 1.19 bits per heavy atom. The zero-order valence-corrected chi connectivity index (χ0v) is 17.4. The smallest absolute Gasteiger partial charge is 0.330 e. The zero-order chi connectivity index (χ0) is 22.1. The van der Waals surface area contributed by atoms with Gasteiger partial charge in [-0.15, -0.1) is 0 Å². The molecule has 0 saturated carbocycles. The number of hydrogen-bond acceptors (Lipinski definition) is 5. The number of benzene rings is 1. The number of nitrogens with one attached hydrogen (secondary N) is 3. The third kappa shape index (κ3) is 4.42. The van der Waals surface area contributed by atoms with Gasteiger partial charge in [-0.2, -0.15) is 0 Å². The average molecular weight is 463 g/mol. The van der Waals surface area contributed by atoms with Crippen LogP contribution in [-0.4, -0.2) is 21.4 Å². The molecule has 3 heterocycles. The Morgan fingerprint density at radius 3 is 2.71 bits per heavy atom. The second-order valence-electron chi connectivity index (χ2n) is 7.02. The minimum absolute atomic E-state index is 0.00370. The van der Waals surface area contributed by atoms with E-state index in [1.54, 1.807) is 24.3 Å². The van der Waals surface area contributed by atoms with E-state index in [1.165, 1.54) is 16.9 Å². The summed E-state index contributed by atoms with van der Waals surface area (Å²) < 4.78 is 6.47. The van der Waals surface area contributed by atoms with E-state index in [0.717, 1.165) is 0 Å². The fraction of sp³-hybridized carbons (Fsp3) is 0.200. The quantitative estimate of drug-likeness (QED) is 0.537. The van der Waals surface area contributed by atoms with Gasteiger partial charge in [0.25, 0.3) is 5.56 Å². The summed E-state index contributed by atoms with van der Waals surface area (Å²) in [5.74, 6) is -1.09. The number of carbonyl (C=O) groups excluding carboxylic acids is 2. The minimum atomic E-state index is -0.786. The molecule has 3 N–H and O–H groups in total. The number of H-pyrrole nitrogens is 1. The maximum Gasteiger partial charge on any atom is 0.330 e. The molecule has 1 aromatic carbocycles. The average Bonchev–Trinajstić information content (AvgIpc) is 3.22. The van der Waals surface area contributed by atoms with Crippen LogP contribution < -0.4 is 21.9 Å². The molecule has 2 aromatic heterocycles. The SMILES string of the molecule is O=C(CC1Cc2c(n(Cc3ccco3)c(=O)[nH]c2=O)NC1=O)Nc1ccc(Cl)c(Cl)c1. The van der Waals surface area contributed by atoms with Crippen molar-refractivity contribution in [2.24, 2.45) is 5.92 Å². The normalized spacial score (nSPS) is 15.3. The number of halogens is 2. The van der Waals surface area contributed by atoms with E-state index >= 15 is 0 Å². The van der Waals surface area contributed by atoms with E-state index in [4.69, 9.17) is 27.6 Å². The standard InChI is InChI=1S/C20H16Cl2N4O5/c21-14-4-3-11(8-15(14)22)23-16(27)7-10-6-13-17(24-18(10)28)26(20(30)25-19(13)29)9-12-2-1-5-31-12/h1-5,8,10H,6-7,9H2,(H,23,27)(H,24,28)(H,25,29,30). The molecular formula is C20H16Cl2N4O5. The molecule has 0 aliphatic carbocycles. The molecule has 3 aromatic rings. The lowest BCUT2D eigenvalue weighted by molar-refractivity contribution is -0.125. The van der Waals surface area contributed by atoms with Gasteiger partial charge in [0.1, 0.15) is 11.6 Å². The fourth-order valence-corrected chi connectivity index (χ4v) is 3.68. The first-order chi connectivity index (χ1) is 14.8. The Balaban J connectivity index is 1.54. The summed E-state index contributed by atoms with van der Waals surface area (Å²) in [7, 11) is 0. The zero-order valence-electron chi connectivity index (χ0n) is 15.9.